The molecule has 0 saturated carbocycles. The predicted molar refractivity (Wildman–Crippen MR) is 45.1 cm³/mol. The number of rotatable bonds is 4. The number of carbonyl (C=O) groups excluding carboxylic acids is 1. The first-order valence-electron chi connectivity index (χ1n) is 3.30. The highest BCUT2D eigenvalue weighted by Crippen LogP contribution is 1.91. The number of hydrogen-bond acceptors (Lipinski definition) is 3. The Balaban J connectivity index is 3.86. The first-order chi connectivity index (χ1) is 5.36. The lowest BCUT2D eigenvalue weighted by Gasteiger charge is -2.10. The second-order valence-electron chi connectivity index (χ2n) is 2.39. The maximum atomic E-state index is 11.0. The molecule has 0 bridgehead atoms. The van der Waals surface area contributed by atoms with Gasteiger partial charge in [-0.2, -0.15) is 0 Å². The third-order valence-electron chi connectivity index (χ3n) is 1.22. The number of urea groups is 1. The van der Waals surface area contributed by atoms with Gasteiger partial charge in [0.25, 0.3) is 0 Å². The van der Waals surface area contributed by atoms with Crippen LogP contribution in [-0.4, -0.2) is 45.1 Å². The summed E-state index contributed by atoms with van der Waals surface area (Å²) in [6.45, 7) is 0.0375. The van der Waals surface area contributed by atoms with Gasteiger partial charge >= 0.3 is 6.03 Å². The minimum atomic E-state index is -3.23. The largest absolute Gasteiger partial charge is 0.352 e. The number of carbonyl (C=O) groups is 1. The Hall–Kier alpha value is -0.820. The van der Waals surface area contributed by atoms with Crippen molar-refractivity contribution in [3.05, 3.63) is 0 Å². The third kappa shape index (κ3) is 4.14. The van der Waals surface area contributed by atoms with E-state index in [1.54, 1.807) is 0 Å². The lowest BCUT2D eigenvalue weighted by atomic mass is 10.7. The molecule has 6 nitrogen and oxygen atoms in total. The third-order valence-corrected chi connectivity index (χ3v) is 3.05. The number of primary amides is 1. The highest BCUT2D eigenvalue weighted by Gasteiger charge is 2.12. The molecule has 0 rings (SSSR count). The Morgan fingerprint density at radius 1 is 1.50 bits per heavy atom. The summed E-state index contributed by atoms with van der Waals surface area (Å²) < 4.78 is 23.2. The number of amides is 2. The standard InChI is InChI=1S/C5H13N3O3S/c1-8(2)12(10,11)4-3-7-5(6)9/h3-4H2,1-2H3,(H3,6,7,9). The van der Waals surface area contributed by atoms with E-state index in [0.29, 0.717) is 0 Å². The quantitative estimate of drug-likeness (QED) is 0.574. The van der Waals surface area contributed by atoms with Crippen LogP contribution in [0.15, 0.2) is 0 Å². The van der Waals surface area contributed by atoms with E-state index in [1.807, 2.05) is 0 Å². The smallest absolute Gasteiger partial charge is 0.312 e. The van der Waals surface area contributed by atoms with Crippen molar-refractivity contribution in [3.63, 3.8) is 0 Å². The van der Waals surface area contributed by atoms with Gasteiger partial charge in [0.2, 0.25) is 10.0 Å². The lowest BCUT2D eigenvalue weighted by molar-refractivity contribution is 0.249. The number of nitrogens with one attached hydrogen (secondary N) is 1. The molecule has 2 amide bonds. The van der Waals surface area contributed by atoms with Crippen LogP contribution in [0, 0.1) is 0 Å². The van der Waals surface area contributed by atoms with Crippen molar-refractivity contribution >= 4 is 16.1 Å². The fourth-order valence-corrected chi connectivity index (χ4v) is 1.21. The molecule has 0 aromatic carbocycles. The van der Waals surface area contributed by atoms with Crippen LogP contribution in [0.2, 0.25) is 0 Å². The molecule has 0 spiro atoms. The van der Waals surface area contributed by atoms with Crippen molar-refractivity contribution in [1.29, 1.82) is 0 Å². The predicted octanol–water partition coefficient (Wildman–Crippen LogP) is -1.45. The highest BCUT2D eigenvalue weighted by molar-refractivity contribution is 7.89. The van der Waals surface area contributed by atoms with Gasteiger partial charge in [-0.05, 0) is 0 Å². The van der Waals surface area contributed by atoms with E-state index < -0.39 is 16.1 Å². The van der Waals surface area contributed by atoms with Gasteiger partial charge < -0.3 is 11.1 Å². The topological polar surface area (TPSA) is 92.5 Å². The number of hydrogen-bond donors (Lipinski definition) is 2. The molecule has 0 heterocycles. The molecule has 0 fully saturated rings. The molecule has 12 heavy (non-hydrogen) atoms. The Morgan fingerprint density at radius 3 is 2.33 bits per heavy atom. The van der Waals surface area contributed by atoms with Gasteiger partial charge in [-0.3, -0.25) is 0 Å². The second kappa shape index (κ2) is 4.27. The molecule has 0 atom stereocenters. The Kier molecular flexibility index (Phi) is 3.98. The average molecular weight is 195 g/mol. The van der Waals surface area contributed by atoms with Gasteiger partial charge in [0.05, 0.1) is 5.75 Å². The molecular weight excluding hydrogens is 182 g/mol. The second-order valence-corrected chi connectivity index (χ2v) is 4.69. The lowest BCUT2D eigenvalue weighted by Crippen LogP contribution is -2.36. The molecule has 0 unspecified atom stereocenters. The van der Waals surface area contributed by atoms with Crippen molar-refractivity contribution in [2.45, 2.75) is 0 Å². The summed E-state index contributed by atoms with van der Waals surface area (Å²) >= 11 is 0. The summed E-state index contributed by atoms with van der Waals surface area (Å²) in [4.78, 5) is 10.2. The van der Waals surface area contributed by atoms with Crippen LogP contribution in [0.25, 0.3) is 0 Å². The summed E-state index contributed by atoms with van der Waals surface area (Å²) in [6, 6.07) is -0.719. The van der Waals surface area contributed by atoms with Gasteiger partial charge in [-0.25, -0.2) is 17.5 Å². The molecule has 0 aromatic heterocycles. The van der Waals surface area contributed by atoms with Crippen LogP contribution < -0.4 is 11.1 Å². The van der Waals surface area contributed by atoms with Gasteiger partial charge in [-0.1, -0.05) is 0 Å². The summed E-state index contributed by atoms with van der Waals surface area (Å²) in [6.07, 6.45) is 0. The van der Waals surface area contributed by atoms with Crippen molar-refractivity contribution < 1.29 is 13.2 Å². The van der Waals surface area contributed by atoms with E-state index in [4.69, 9.17) is 5.73 Å². The fraction of sp³-hybridized carbons (Fsp3) is 0.800. The van der Waals surface area contributed by atoms with Crippen molar-refractivity contribution in [3.8, 4) is 0 Å². The normalized spacial score (nSPS) is 11.6. The minimum absolute atomic E-state index is 0.0375. The van der Waals surface area contributed by atoms with Gasteiger partial charge in [-0.15, -0.1) is 0 Å². The maximum Gasteiger partial charge on any atom is 0.312 e. The van der Waals surface area contributed by atoms with Gasteiger partial charge in [0.15, 0.2) is 0 Å². The average Bonchev–Trinajstić information content (AvgIpc) is 1.85. The van der Waals surface area contributed by atoms with Crippen LogP contribution in [0.1, 0.15) is 0 Å². The van der Waals surface area contributed by atoms with E-state index in [-0.39, 0.29) is 12.3 Å². The zero-order chi connectivity index (χ0) is 9.78. The summed E-state index contributed by atoms with van der Waals surface area (Å²) in [5.74, 6) is -0.136. The highest BCUT2D eigenvalue weighted by atomic mass is 32.2. The molecule has 3 N–H and O–H groups in total. The van der Waals surface area contributed by atoms with E-state index in [9.17, 15) is 13.2 Å². The van der Waals surface area contributed by atoms with E-state index in [1.165, 1.54) is 14.1 Å². The SMILES string of the molecule is CN(C)S(=O)(=O)CCNC(N)=O. The van der Waals surface area contributed by atoms with E-state index in [2.05, 4.69) is 5.32 Å². The Morgan fingerprint density at radius 2 is 2.00 bits per heavy atom. The van der Waals surface area contributed by atoms with Crippen LogP contribution in [0.4, 0.5) is 4.79 Å². The monoisotopic (exact) mass is 195 g/mol. The number of nitrogens with two attached hydrogens (primary N) is 1. The zero-order valence-corrected chi connectivity index (χ0v) is 7.89. The number of sulfonamides is 1. The number of nitrogens with zero attached hydrogens (tertiary/aromatic N) is 1. The van der Waals surface area contributed by atoms with Crippen molar-refractivity contribution in [1.82, 2.24) is 9.62 Å². The first-order valence-corrected chi connectivity index (χ1v) is 4.90. The van der Waals surface area contributed by atoms with Crippen LogP contribution in [0.5, 0.6) is 0 Å². The molecule has 0 aliphatic heterocycles. The Bertz CT molecular complexity index is 247. The fourth-order valence-electron chi connectivity index (χ4n) is 0.486. The summed E-state index contributed by atoms with van der Waals surface area (Å²) in [5, 5.41) is 2.19. The molecule has 0 aromatic rings. The van der Waals surface area contributed by atoms with E-state index in [0.717, 1.165) is 4.31 Å². The van der Waals surface area contributed by atoms with Crippen LogP contribution >= 0.6 is 0 Å². The molecule has 72 valence electrons. The van der Waals surface area contributed by atoms with Crippen LogP contribution in [-0.2, 0) is 10.0 Å². The van der Waals surface area contributed by atoms with Crippen LogP contribution in [0.3, 0.4) is 0 Å². The van der Waals surface area contributed by atoms with Crippen molar-refractivity contribution in [2.24, 2.45) is 5.73 Å². The molecule has 7 heteroatoms. The molecule has 0 aliphatic rings. The molecule has 0 saturated heterocycles. The maximum absolute atomic E-state index is 11.0. The van der Waals surface area contributed by atoms with Crippen molar-refractivity contribution in [2.75, 3.05) is 26.4 Å². The summed E-state index contributed by atoms with van der Waals surface area (Å²) in [7, 11) is -0.370. The summed E-state index contributed by atoms with van der Waals surface area (Å²) in [5.41, 5.74) is 4.74. The molecular formula is C5H13N3O3S. The molecule has 0 radical (unpaired) electrons. The van der Waals surface area contributed by atoms with Gasteiger partial charge in [0.1, 0.15) is 0 Å². The minimum Gasteiger partial charge on any atom is -0.352 e. The van der Waals surface area contributed by atoms with Gasteiger partial charge in [0, 0.05) is 20.6 Å². The first kappa shape index (κ1) is 11.2. The zero-order valence-electron chi connectivity index (χ0n) is 7.07. The Labute approximate surface area is 71.8 Å². The molecule has 0 aliphatic carbocycles. The van der Waals surface area contributed by atoms with E-state index >= 15 is 0 Å².